The largest absolute Gasteiger partial charge is 0.477 e. The zero-order chi connectivity index (χ0) is 15.6. The van der Waals surface area contributed by atoms with Crippen LogP contribution in [0.5, 0.6) is 0 Å². The Bertz CT molecular complexity index is 765. The molecular weight excluding hydrogens is 310 g/mol. The summed E-state index contributed by atoms with van der Waals surface area (Å²) in [6, 6.07) is 8.31. The lowest BCUT2D eigenvalue weighted by atomic mass is 10.1. The molecule has 2 aromatic rings. The molecule has 0 aliphatic heterocycles. The standard InChI is InChI=1S/C14H15NO4S2/c1-9-4-3-5-11(6-9)10(2)15-21(18,19)12-7-13(14(16)17)20-8-12/h3-8,10,15H,1-2H3,(H,16,17)/t10-/m1/s1. The van der Waals surface area contributed by atoms with E-state index < -0.39 is 22.0 Å². The van der Waals surface area contributed by atoms with E-state index in [4.69, 9.17) is 5.11 Å². The predicted octanol–water partition coefficient (Wildman–Crippen LogP) is 2.79. The van der Waals surface area contributed by atoms with Gasteiger partial charge in [0.25, 0.3) is 0 Å². The lowest BCUT2D eigenvalue weighted by Gasteiger charge is -2.14. The minimum absolute atomic E-state index is 0.00131. The Morgan fingerprint density at radius 1 is 1.33 bits per heavy atom. The average Bonchev–Trinajstić information content (AvgIpc) is 2.88. The molecule has 1 atom stereocenters. The number of thiophene rings is 1. The van der Waals surface area contributed by atoms with Crippen molar-refractivity contribution in [2.75, 3.05) is 0 Å². The molecule has 0 unspecified atom stereocenters. The van der Waals surface area contributed by atoms with Crippen molar-refractivity contribution in [3.63, 3.8) is 0 Å². The fourth-order valence-corrected chi connectivity index (χ4v) is 4.22. The maximum atomic E-state index is 12.2. The molecule has 1 heterocycles. The SMILES string of the molecule is Cc1cccc([C@@H](C)NS(=O)(=O)c2csc(C(=O)O)c2)c1. The van der Waals surface area contributed by atoms with Gasteiger partial charge >= 0.3 is 5.97 Å². The van der Waals surface area contributed by atoms with E-state index in [1.54, 1.807) is 6.92 Å². The van der Waals surface area contributed by atoms with Gasteiger partial charge in [0.1, 0.15) is 4.88 Å². The summed E-state index contributed by atoms with van der Waals surface area (Å²) in [7, 11) is -3.74. The van der Waals surface area contributed by atoms with E-state index in [0.717, 1.165) is 28.5 Å². The van der Waals surface area contributed by atoms with Gasteiger partial charge in [-0.25, -0.2) is 17.9 Å². The Balaban J connectivity index is 2.22. The fourth-order valence-electron chi connectivity index (χ4n) is 1.88. The zero-order valence-electron chi connectivity index (χ0n) is 11.5. The molecule has 0 aliphatic carbocycles. The molecule has 7 heteroatoms. The van der Waals surface area contributed by atoms with Crippen molar-refractivity contribution in [1.82, 2.24) is 4.72 Å². The van der Waals surface area contributed by atoms with E-state index in [9.17, 15) is 13.2 Å². The second-order valence-electron chi connectivity index (χ2n) is 4.71. The molecule has 5 nitrogen and oxygen atoms in total. The first-order valence-electron chi connectivity index (χ1n) is 6.20. The van der Waals surface area contributed by atoms with Gasteiger partial charge < -0.3 is 5.11 Å². The van der Waals surface area contributed by atoms with Crippen LogP contribution < -0.4 is 4.72 Å². The average molecular weight is 325 g/mol. The molecule has 0 saturated carbocycles. The summed E-state index contributed by atoms with van der Waals surface area (Å²) >= 11 is 0.891. The van der Waals surface area contributed by atoms with Gasteiger partial charge in [0, 0.05) is 11.4 Å². The third-order valence-corrected chi connectivity index (χ3v) is 5.56. The maximum absolute atomic E-state index is 12.2. The Kier molecular flexibility index (Phi) is 4.46. The van der Waals surface area contributed by atoms with Gasteiger partial charge in [-0.15, -0.1) is 11.3 Å². The first-order valence-corrected chi connectivity index (χ1v) is 8.56. The number of hydrogen-bond donors (Lipinski definition) is 2. The second kappa shape index (κ2) is 5.97. The third-order valence-electron chi connectivity index (χ3n) is 2.97. The van der Waals surface area contributed by atoms with Crippen LogP contribution in [0, 0.1) is 6.92 Å². The Morgan fingerprint density at radius 2 is 2.05 bits per heavy atom. The number of carbonyl (C=O) groups is 1. The summed E-state index contributed by atoms with van der Waals surface area (Å²) in [5, 5.41) is 10.2. The second-order valence-corrected chi connectivity index (χ2v) is 7.33. The highest BCUT2D eigenvalue weighted by molar-refractivity contribution is 7.89. The smallest absolute Gasteiger partial charge is 0.345 e. The molecule has 0 amide bonds. The van der Waals surface area contributed by atoms with Crippen LogP contribution in [0.2, 0.25) is 0 Å². The minimum Gasteiger partial charge on any atom is -0.477 e. The Morgan fingerprint density at radius 3 is 2.62 bits per heavy atom. The molecule has 1 aromatic heterocycles. The number of sulfonamides is 1. The Hall–Kier alpha value is -1.70. The van der Waals surface area contributed by atoms with Crippen LogP contribution in [0.15, 0.2) is 40.6 Å². The van der Waals surface area contributed by atoms with Gasteiger partial charge in [0.2, 0.25) is 10.0 Å². The number of carboxylic acids is 1. The zero-order valence-corrected chi connectivity index (χ0v) is 13.2. The number of nitrogens with one attached hydrogen (secondary N) is 1. The monoisotopic (exact) mass is 325 g/mol. The normalized spacial score (nSPS) is 13.0. The molecule has 2 rings (SSSR count). The van der Waals surface area contributed by atoms with Crippen LogP contribution >= 0.6 is 11.3 Å². The van der Waals surface area contributed by atoms with Crippen molar-refractivity contribution in [3.05, 3.63) is 51.7 Å². The molecule has 0 aliphatic rings. The van der Waals surface area contributed by atoms with Gasteiger partial charge in [0.05, 0.1) is 4.90 Å². The van der Waals surface area contributed by atoms with Gasteiger partial charge in [0.15, 0.2) is 0 Å². The number of aromatic carboxylic acids is 1. The van der Waals surface area contributed by atoms with E-state index in [-0.39, 0.29) is 9.77 Å². The van der Waals surface area contributed by atoms with Gasteiger partial charge in [-0.2, -0.15) is 0 Å². The van der Waals surface area contributed by atoms with E-state index in [0.29, 0.717) is 0 Å². The Labute approximate surface area is 127 Å². The molecule has 2 N–H and O–H groups in total. The summed E-state index contributed by atoms with van der Waals surface area (Å²) in [5.41, 5.74) is 1.90. The molecule has 0 fully saturated rings. The van der Waals surface area contributed by atoms with Crippen LogP contribution in [0.3, 0.4) is 0 Å². The number of hydrogen-bond acceptors (Lipinski definition) is 4. The van der Waals surface area contributed by atoms with Crippen molar-refractivity contribution in [1.29, 1.82) is 0 Å². The van der Waals surface area contributed by atoms with E-state index in [2.05, 4.69) is 4.72 Å². The van der Waals surface area contributed by atoms with Crippen LogP contribution in [0.25, 0.3) is 0 Å². The van der Waals surface area contributed by atoms with Crippen molar-refractivity contribution in [3.8, 4) is 0 Å². The number of carboxylic acid groups (broad SMARTS) is 1. The van der Waals surface area contributed by atoms with Crippen molar-refractivity contribution in [2.24, 2.45) is 0 Å². The summed E-state index contributed by atoms with van der Waals surface area (Å²) in [6.45, 7) is 3.68. The lowest BCUT2D eigenvalue weighted by Crippen LogP contribution is -2.26. The third kappa shape index (κ3) is 3.69. The maximum Gasteiger partial charge on any atom is 0.345 e. The first-order chi connectivity index (χ1) is 9.79. The van der Waals surface area contributed by atoms with E-state index >= 15 is 0 Å². The minimum atomic E-state index is -3.74. The number of rotatable bonds is 5. The van der Waals surface area contributed by atoms with Crippen molar-refractivity contribution < 1.29 is 18.3 Å². The molecule has 112 valence electrons. The predicted molar refractivity (Wildman–Crippen MR) is 81.2 cm³/mol. The molecule has 21 heavy (non-hydrogen) atoms. The number of benzene rings is 1. The highest BCUT2D eigenvalue weighted by Crippen LogP contribution is 2.22. The highest BCUT2D eigenvalue weighted by atomic mass is 32.2. The van der Waals surface area contributed by atoms with Crippen LogP contribution in [-0.4, -0.2) is 19.5 Å². The van der Waals surface area contributed by atoms with E-state index in [1.807, 2.05) is 31.2 Å². The molecule has 0 spiro atoms. The summed E-state index contributed by atoms with van der Waals surface area (Å²) in [5.74, 6) is -1.13. The molecule has 1 aromatic carbocycles. The van der Waals surface area contributed by atoms with Crippen molar-refractivity contribution in [2.45, 2.75) is 24.8 Å². The van der Waals surface area contributed by atoms with Crippen LogP contribution in [0.4, 0.5) is 0 Å². The topological polar surface area (TPSA) is 83.5 Å². The molecule has 0 saturated heterocycles. The van der Waals surface area contributed by atoms with E-state index in [1.165, 1.54) is 5.38 Å². The summed E-state index contributed by atoms with van der Waals surface area (Å²) in [6.07, 6.45) is 0. The van der Waals surface area contributed by atoms with Crippen LogP contribution in [-0.2, 0) is 10.0 Å². The number of aryl methyl sites for hydroxylation is 1. The van der Waals surface area contributed by atoms with Crippen LogP contribution in [0.1, 0.15) is 33.8 Å². The summed E-state index contributed by atoms with van der Waals surface area (Å²) < 4.78 is 27.0. The quantitative estimate of drug-likeness (QED) is 0.885. The fraction of sp³-hybridized carbons (Fsp3) is 0.214. The van der Waals surface area contributed by atoms with Gasteiger partial charge in [-0.3, -0.25) is 0 Å². The van der Waals surface area contributed by atoms with Gasteiger partial charge in [-0.1, -0.05) is 29.8 Å². The molecular formula is C14H15NO4S2. The molecule has 0 bridgehead atoms. The van der Waals surface area contributed by atoms with Gasteiger partial charge in [-0.05, 0) is 25.5 Å². The first kappa shape index (κ1) is 15.7. The highest BCUT2D eigenvalue weighted by Gasteiger charge is 2.21. The van der Waals surface area contributed by atoms with Crippen molar-refractivity contribution >= 4 is 27.3 Å². The summed E-state index contributed by atoms with van der Waals surface area (Å²) in [4.78, 5) is 10.8. The lowest BCUT2D eigenvalue weighted by molar-refractivity contribution is 0.0702. The molecule has 0 radical (unpaired) electrons.